The minimum absolute atomic E-state index is 0.267. The van der Waals surface area contributed by atoms with Crippen LogP contribution in [0.4, 0.5) is 0 Å². The standard InChI is InChI=1S/C10H12N4O/c11-6-5-8-1-3-9(4-2-8)15-10(7-12)14-13/h1-4,7,14H,5,12-13H2/b10-7+. The Hall–Kier alpha value is -2.19. The van der Waals surface area contributed by atoms with Crippen LogP contribution in [0.5, 0.6) is 5.75 Å². The van der Waals surface area contributed by atoms with Gasteiger partial charge in [0, 0.05) is 0 Å². The summed E-state index contributed by atoms with van der Waals surface area (Å²) in [4.78, 5) is 0. The molecule has 0 heterocycles. The molecule has 0 atom stereocenters. The highest BCUT2D eigenvalue weighted by Crippen LogP contribution is 2.13. The number of nitrogens with two attached hydrogens (primary N) is 2. The second-order valence-corrected chi connectivity index (χ2v) is 2.76. The van der Waals surface area contributed by atoms with Gasteiger partial charge in [-0.15, -0.1) is 0 Å². The van der Waals surface area contributed by atoms with Crippen molar-refractivity contribution in [3.05, 3.63) is 41.9 Å². The van der Waals surface area contributed by atoms with Crippen LogP contribution in [0.1, 0.15) is 5.56 Å². The zero-order chi connectivity index (χ0) is 11.1. The summed E-state index contributed by atoms with van der Waals surface area (Å²) in [5.41, 5.74) is 8.47. The molecule has 1 rings (SSSR count). The largest absolute Gasteiger partial charge is 0.439 e. The van der Waals surface area contributed by atoms with Gasteiger partial charge in [-0.05, 0) is 17.7 Å². The van der Waals surface area contributed by atoms with Gasteiger partial charge in [-0.1, -0.05) is 12.1 Å². The number of nitrogens with zero attached hydrogens (tertiary/aromatic N) is 1. The molecule has 0 saturated carbocycles. The van der Waals surface area contributed by atoms with Crippen LogP contribution < -0.4 is 21.7 Å². The molecule has 78 valence electrons. The first-order valence-corrected chi connectivity index (χ1v) is 4.32. The first-order valence-electron chi connectivity index (χ1n) is 4.32. The van der Waals surface area contributed by atoms with Crippen molar-refractivity contribution in [1.29, 1.82) is 5.26 Å². The maximum atomic E-state index is 8.48. The molecule has 5 nitrogen and oxygen atoms in total. The number of ether oxygens (including phenoxy) is 1. The summed E-state index contributed by atoms with van der Waals surface area (Å²) in [6.45, 7) is 0. The molecule has 0 radical (unpaired) electrons. The van der Waals surface area contributed by atoms with Gasteiger partial charge in [-0.3, -0.25) is 5.43 Å². The number of nitriles is 1. The minimum Gasteiger partial charge on any atom is -0.439 e. The van der Waals surface area contributed by atoms with Crippen LogP contribution >= 0.6 is 0 Å². The molecule has 0 aliphatic carbocycles. The summed E-state index contributed by atoms with van der Waals surface area (Å²) >= 11 is 0. The molecule has 0 unspecified atom stereocenters. The van der Waals surface area contributed by atoms with E-state index < -0.39 is 0 Å². The summed E-state index contributed by atoms with van der Waals surface area (Å²) in [5, 5.41) is 8.48. The number of benzene rings is 1. The summed E-state index contributed by atoms with van der Waals surface area (Å²) in [7, 11) is 0. The second kappa shape index (κ2) is 5.52. The van der Waals surface area contributed by atoms with E-state index in [2.05, 4.69) is 11.5 Å². The molecule has 0 saturated heterocycles. The van der Waals surface area contributed by atoms with Crippen molar-refractivity contribution >= 4 is 0 Å². The Labute approximate surface area is 87.9 Å². The lowest BCUT2D eigenvalue weighted by atomic mass is 10.2. The number of rotatable bonds is 4. The van der Waals surface area contributed by atoms with Crippen LogP contribution in [0.2, 0.25) is 0 Å². The van der Waals surface area contributed by atoms with Crippen LogP contribution in [0.15, 0.2) is 36.3 Å². The number of hydrogen-bond acceptors (Lipinski definition) is 5. The lowest BCUT2D eigenvalue weighted by molar-refractivity contribution is 0.381. The first-order chi connectivity index (χ1) is 7.30. The van der Waals surface area contributed by atoms with E-state index in [4.69, 9.17) is 21.6 Å². The van der Waals surface area contributed by atoms with Crippen LogP contribution in [0.25, 0.3) is 0 Å². The molecule has 0 fully saturated rings. The Bertz CT molecular complexity index is 377. The molecule has 0 aromatic heterocycles. The van der Waals surface area contributed by atoms with Crippen molar-refractivity contribution in [1.82, 2.24) is 5.43 Å². The van der Waals surface area contributed by atoms with Crippen molar-refractivity contribution in [2.75, 3.05) is 0 Å². The predicted molar refractivity (Wildman–Crippen MR) is 56.0 cm³/mol. The van der Waals surface area contributed by atoms with E-state index in [-0.39, 0.29) is 5.88 Å². The third-order valence-electron chi connectivity index (χ3n) is 1.73. The SMILES string of the molecule is N#CCc1ccc(O/C(=C/N)NN)cc1. The molecule has 5 heteroatoms. The maximum absolute atomic E-state index is 8.48. The first kappa shape index (κ1) is 10.9. The summed E-state index contributed by atoms with van der Waals surface area (Å²) in [6, 6.07) is 9.17. The fourth-order valence-corrected chi connectivity index (χ4v) is 1.01. The third-order valence-corrected chi connectivity index (χ3v) is 1.73. The lowest BCUT2D eigenvalue weighted by Gasteiger charge is -2.08. The molecule has 15 heavy (non-hydrogen) atoms. The quantitative estimate of drug-likeness (QED) is 0.373. The molecule has 0 aliphatic rings. The summed E-state index contributed by atoms with van der Waals surface area (Å²) in [6.07, 6.45) is 1.61. The maximum Gasteiger partial charge on any atom is 0.222 e. The smallest absolute Gasteiger partial charge is 0.222 e. The van der Waals surface area contributed by atoms with Crippen molar-refractivity contribution in [3.63, 3.8) is 0 Å². The van der Waals surface area contributed by atoms with Crippen molar-refractivity contribution in [3.8, 4) is 11.8 Å². The van der Waals surface area contributed by atoms with Gasteiger partial charge < -0.3 is 10.5 Å². The van der Waals surface area contributed by atoms with Gasteiger partial charge in [-0.25, -0.2) is 5.84 Å². The van der Waals surface area contributed by atoms with Gasteiger partial charge in [0.25, 0.3) is 0 Å². The highest BCUT2D eigenvalue weighted by Gasteiger charge is 1.98. The minimum atomic E-state index is 0.267. The van der Waals surface area contributed by atoms with Gasteiger partial charge in [0.15, 0.2) is 0 Å². The monoisotopic (exact) mass is 204 g/mol. The van der Waals surface area contributed by atoms with Crippen molar-refractivity contribution < 1.29 is 4.74 Å². The highest BCUT2D eigenvalue weighted by atomic mass is 16.5. The van der Waals surface area contributed by atoms with Crippen LogP contribution in [-0.4, -0.2) is 0 Å². The van der Waals surface area contributed by atoms with E-state index >= 15 is 0 Å². The number of hydrogen-bond donors (Lipinski definition) is 3. The molecule has 0 bridgehead atoms. The van der Waals surface area contributed by atoms with E-state index in [1.807, 2.05) is 12.1 Å². The number of nitrogens with one attached hydrogen (secondary N) is 1. The van der Waals surface area contributed by atoms with Crippen LogP contribution in [-0.2, 0) is 6.42 Å². The fourth-order valence-electron chi connectivity index (χ4n) is 1.01. The average molecular weight is 204 g/mol. The van der Waals surface area contributed by atoms with E-state index in [9.17, 15) is 0 Å². The van der Waals surface area contributed by atoms with Crippen molar-refractivity contribution in [2.24, 2.45) is 11.6 Å². The highest BCUT2D eigenvalue weighted by molar-refractivity contribution is 5.29. The molecule has 0 aliphatic heterocycles. The molecule has 1 aromatic rings. The number of hydrazine groups is 1. The molecule has 5 N–H and O–H groups in total. The Morgan fingerprint density at radius 3 is 2.60 bits per heavy atom. The zero-order valence-corrected chi connectivity index (χ0v) is 8.10. The Morgan fingerprint density at radius 2 is 2.13 bits per heavy atom. The van der Waals surface area contributed by atoms with Gasteiger partial charge >= 0.3 is 0 Å². The summed E-state index contributed by atoms with van der Waals surface area (Å²) < 4.78 is 5.26. The van der Waals surface area contributed by atoms with E-state index in [1.54, 1.807) is 12.1 Å². The molecule has 1 aromatic carbocycles. The van der Waals surface area contributed by atoms with Gasteiger partial charge in [0.2, 0.25) is 5.88 Å². The summed E-state index contributed by atoms with van der Waals surface area (Å²) in [5.74, 6) is 6.01. The van der Waals surface area contributed by atoms with Gasteiger partial charge in [0.1, 0.15) is 5.75 Å². The fraction of sp³-hybridized carbons (Fsp3) is 0.100. The van der Waals surface area contributed by atoms with Crippen molar-refractivity contribution in [2.45, 2.75) is 6.42 Å². The lowest BCUT2D eigenvalue weighted by Crippen LogP contribution is -2.25. The normalized spacial score (nSPS) is 10.5. The molecular formula is C10H12N4O. The Balaban J connectivity index is 2.69. The van der Waals surface area contributed by atoms with Crippen LogP contribution in [0.3, 0.4) is 0 Å². The van der Waals surface area contributed by atoms with E-state index in [0.717, 1.165) is 5.56 Å². The Morgan fingerprint density at radius 1 is 1.47 bits per heavy atom. The van der Waals surface area contributed by atoms with Gasteiger partial charge in [0.05, 0.1) is 18.7 Å². The van der Waals surface area contributed by atoms with E-state index in [0.29, 0.717) is 12.2 Å². The molecular weight excluding hydrogens is 192 g/mol. The zero-order valence-electron chi connectivity index (χ0n) is 8.10. The topological polar surface area (TPSA) is 97.1 Å². The molecule has 0 spiro atoms. The van der Waals surface area contributed by atoms with Gasteiger partial charge in [-0.2, -0.15) is 5.26 Å². The molecule has 0 amide bonds. The predicted octanol–water partition coefficient (Wildman–Crippen LogP) is 0.352. The average Bonchev–Trinajstić information content (AvgIpc) is 2.28. The van der Waals surface area contributed by atoms with E-state index in [1.165, 1.54) is 6.20 Å². The van der Waals surface area contributed by atoms with Crippen LogP contribution in [0, 0.1) is 11.3 Å². The third kappa shape index (κ3) is 3.21. The Kier molecular flexibility index (Phi) is 4.01. The second-order valence-electron chi connectivity index (χ2n) is 2.76.